The Morgan fingerprint density at radius 1 is 1.32 bits per heavy atom. The zero-order chi connectivity index (χ0) is 15.5. The van der Waals surface area contributed by atoms with Crippen LogP contribution in [0.4, 0.5) is 0 Å². The SMILES string of the molecule is CCCc1nc(-c2cn(CC)c3c2=CCC=C(OC)C=3)no1. The van der Waals surface area contributed by atoms with E-state index >= 15 is 0 Å². The maximum Gasteiger partial charge on any atom is 0.226 e. The molecule has 1 aliphatic carbocycles. The van der Waals surface area contributed by atoms with Gasteiger partial charge in [0.1, 0.15) is 5.76 Å². The average molecular weight is 299 g/mol. The van der Waals surface area contributed by atoms with E-state index in [1.54, 1.807) is 7.11 Å². The summed E-state index contributed by atoms with van der Waals surface area (Å²) in [5.74, 6) is 2.25. The highest BCUT2D eigenvalue weighted by atomic mass is 16.5. The number of hydrogen-bond donors (Lipinski definition) is 0. The molecule has 5 heteroatoms. The number of aromatic nitrogens is 3. The summed E-state index contributed by atoms with van der Waals surface area (Å²) in [5.41, 5.74) is 1.02. The number of rotatable bonds is 5. The first-order chi connectivity index (χ1) is 10.8. The molecule has 0 aromatic carbocycles. The largest absolute Gasteiger partial charge is 0.497 e. The molecule has 0 atom stereocenters. The van der Waals surface area contributed by atoms with E-state index < -0.39 is 0 Å². The van der Waals surface area contributed by atoms with Crippen LogP contribution in [0.15, 0.2) is 22.6 Å². The Labute approximate surface area is 129 Å². The Balaban J connectivity index is 2.15. The molecule has 2 heterocycles. The van der Waals surface area contributed by atoms with Crippen molar-refractivity contribution in [1.82, 2.24) is 14.7 Å². The molecular weight excluding hydrogens is 278 g/mol. The zero-order valence-corrected chi connectivity index (χ0v) is 13.3. The molecule has 22 heavy (non-hydrogen) atoms. The molecule has 0 amide bonds. The Kier molecular flexibility index (Phi) is 4.13. The predicted octanol–water partition coefficient (Wildman–Crippen LogP) is 2.01. The molecule has 2 aromatic rings. The second-order valence-electron chi connectivity index (χ2n) is 5.28. The highest BCUT2D eigenvalue weighted by Gasteiger charge is 2.14. The van der Waals surface area contributed by atoms with E-state index in [-0.39, 0.29) is 0 Å². The van der Waals surface area contributed by atoms with E-state index in [4.69, 9.17) is 9.26 Å². The molecule has 0 aliphatic heterocycles. The van der Waals surface area contributed by atoms with Gasteiger partial charge >= 0.3 is 0 Å². The molecular formula is C17H21N3O2. The zero-order valence-electron chi connectivity index (χ0n) is 13.3. The van der Waals surface area contributed by atoms with Crippen LogP contribution in [0.1, 0.15) is 32.6 Å². The molecule has 0 spiro atoms. The van der Waals surface area contributed by atoms with Crippen molar-refractivity contribution < 1.29 is 9.26 Å². The molecule has 0 saturated carbocycles. The highest BCUT2D eigenvalue weighted by Crippen LogP contribution is 2.13. The van der Waals surface area contributed by atoms with E-state index in [1.807, 2.05) is 0 Å². The van der Waals surface area contributed by atoms with Gasteiger partial charge in [0.2, 0.25) is 11.7 Å². The Bertz CT molecular complexity index is 812. The third kappa shape index (κ3) is 2.58. The minimum absolute atomic E-state index is 0.664. The molecule has 0 unspecified atom stereocenters. The summed E-state index contributed by atoms with van der Waals surface area (Å²) < 4.78 is 12.9. The fourth-order valence-electron chi connectivity index (χ4n) is 2.71. The van der Waals surface area contributed by atoms with Gasteiger partial charge in [-0.15, -0.1) is 0 Å². The summed E-state index contributed by atoms with van der Waals surface area (Å²) >= 11 is 0. The topological polar surface area (TPSA) is 53.1 Å². The summed E-state index contributed by atoms with van der Waals surface area (Å²) in [6.45, 7) is 5.10. The van der Waals surface area contributed by atoms with Gasteiger partial charge in [0.15, 0.2) is 0 Å². The van der Waals surface area contributed by atoms with Crippen molar-refractivity contribution in [2.24, 2.45) is 0 Å². The number of allylic oxidation sites excluding steroid dienone is 2. The Morgan fingerprint density at radius 2 is 2.18 bits per heavy atom. The second kappa shape index (κ2) is 6.22. The van der Waals surface area contributed by atoms with Gasteiger partial charge < -0.3 is 13.8 Å². The van der Waals surface area contributed by atoms with Gasteiger partial charge in [-0.25, -0.2) is 0 Å². The van der Waals surface area contributed by atoms with Gasteiger partial charge in [0.05, 0.1) is 12.5 Å². The van der Waals surface area contributed by atoms with Crippen molar-refractivity contribution in [3.63, 3.8) is 0 Å². The number of methoxy groups -OCH3 is 1. The molecule has 116 valence electrons. The Morgan fingerprint density at radius 3 is 2.91 bits per heavy atom. The van der Waals surface area contributed by atoms with Crippen LogP contribution in [-0.4, -0.2) is 21.8 Å². The lowest BCUT2D eigenvalue weighted by atomic mass is 10.2. The van der Waals surface area contributed by atoms with Crippen LogP contribution in [0.5, 0.6) is 0 Å². The molecule has 0 N–H and O–H groups in total. The fraction of sp³-hybridized carbons (Fsp3) is 0.412. The van der Waals surface area contributed by atoms with Crippen LogP contribution in [0, 0.1) is 0 Å². The molecule has 0 radical (unpaired) electrons. The van der Waals surface area contributed by atoms with E-state index in [1.165, 1.54) is 0 Å². The quantitative estimate of drug-likeness (QED) is 0.847. The van der Waals surface area contributed by atoms with Crippen LogP contribution >= 0.6 is 0 Å². The first kappa shape index (κ1) is 14.6. The van der Waals surface area contributed by atoms with Crippen molar-refractivity contribution in [2.75, 3.05) is 7.11 Å². The minimum atomic E-state index is 0.664. The number of ether oxygens (including phenoxy) is 1. The molecule has 1 aliphatic rings. The van der Waals surface area contributed by atoms with Crippen molar-refractivity contribution >= 4 is 12.2 Å². The maximum atomic E-state index is 5.40. The molecule has 3 rings (SSSR count). The lowest BCUT2D eigenvalue weighted by Crippen LogP contribution is -2.29. The van der Waals surface area contributed by atoms with Gasteiger partial charge in [-0.05, 0) is 25.8 Å². The normalized spacial score (nSPS) is 13.7. The minimum Gasteiger partial charge on any atom is -0.497 e. The van der Waals surface area contributed by atoms with Crippen LogP contribution in [0.25, 0.3) is 23.5 Å². The maximum absolute atomic E-state index is 5.40. The molecule has 2 aromatic heterocycles. The summed E-state index contributed by atoms with van der Waals surface area (Å²) in [7, 11) is 1.70. The van der Waals surface area contributed by atoms with Gasteiger partial charge in [-0.3, -0.25) is 0 Å². The monoisotopic (exact) mass is 299 g/mol. The molecule has 5 nitrogen and oxygen atoms in total. The van der Waals surface area contributed by atoms with E-state index in [9.17, 15) is 0 Å². The highest BCUT2D eigenvalue weighted by molar-refractivity contribution is 5.61. The summed E-state index contributed by atoms with van der Waals surface area (Å²) in [6, 6.07) is 0. The third-order valence-electron chi connectivity index (χ3n) is 3.83. The summed E-state index contributed by atoms with van der Waals surface area (Å²) in [6.07, 6.45) is 11.1. The van der Waals surface area contributed by atoms with E-state index in [0.29, 0.717) is 11.7 Å². The van der Waals surface area contributed by atoms with Crippen molar-refractivity contribution in [3.05, 3.63) is 34.5 Å². The molecule has 0 saturated heterocycles. The summed E-state index contributed by atoms with van der Waals surface area (Å²) in [5, 5.41) is 6.43. The Hall–Kier alpha value is -2.30. The van der Waals surface area contributed by atoms with Crippen LogP contribution in [0.2, 0.25) is 0 Å². The summed E-state index contributed by atoms with van der Waals surface area (Å²) in [4.78, 5) is 4.52. The standard InChI is InChI=1S/C17H21N3O2/c1-4-7-16-18-17(19-22-16)14-11-20(5-2)15-10-12(21-3)8-6-9-13(14)15/h8-11H,4-7H2,1-3H3. The number of hydrogen-bond acceptors (Lipinski definition) is 4. The number of aryl methyl sites for hydroxylation is 2. The van der Waals surface area contributed by atoms with Crippen LogP contribution in [0.3, 0.4) is 0 Å². The van der Waals surface area contributed by atoms with E-state index in [0.717, 1.165) is 47.7 Å². The lowest BCUT2D eigenvalue weighted by molar-refractivity contribution is 0.312. The van der Waals surface area contributed by atoms with Crippen LogP contribution in [-0.2, 0) is 17.7 Å². The first-order valence-corrected chi connectivity index (χ1v) is 7.75. The van der Waals surface area contributed by atoms with Gasteiger partial charge in [-0.2, -0.15) is 4.98 Å². The number of fused-ring (bicyclic) bond motifs is 1. The van der Waals surface area contributed by atoms with Crippen molar-refractivity contribution in [3.8, 4) is 11.4 Å². The van der Waals surface area contributed by atoms with Gasteiger partial charge in [-0.1, -0.05) is 18.2 Å². The van der Waals surface area contributed by atoms with Gasteiger partial charge in [0.25, 0.3) is 0 Å². The average Bonchev–Trinajstić information content (AvgIpc) is 3.05. The fourth-order valence-corrected chi connectivity index (χ4v) is 2.71. The molecule has 0 fully saturated rings. The lowest BCUT2D eigenvalue weighted by Gasteiger charge is -2.00. The third-order valence-corrected chi connectivity index (χ3v) is 3.83. The predicted molar refractivity (Wildman–Crippen MR) is 85.3 cm³/mol. The smallest absolute Gasteiger partial charge is 0.226 e. The first-order valence-electron chi connectivity index (χ1n) is 7.75. The number of nitrogens with zero attached hydrogens (tertiary/aromatic N) is 3. The van der Waals surface area contributed by atoms with E-state index in [2.05, 4.69) is 53.0 Å². The van der Waals surface area contributed by atoms with Crippen molar-refractivity contribution in [1.29, 1.82) is 0 Å². The van der Waals surface area contributed by atoms with Crippen molar-refractivity contribution in [2.45, 2.75) is 39.7 Å². The van der Waals surface area contributed by atoms with Gasteiger partial charge in [0, 0.05) is 36.0 Å². The van der Waals surface area contributed by atoms with Crippen LogP contribution < -0.4 is 10.6 Å². The second-order valence-corrected chi connectivity index (χ2v) is 5.28. The molecule has 0 bridgehead atoms.